The average Bonchev–Trinajstić information content (AvgIpc) is 3.56. The number of carbonyl (C=O) groups excluding carboxylic acids is 2. The van der Waals surface area contributed by atoms with Crippen LogP contribution in [0.15, 0.2) is 30.5 Å². The first-order chi connectivity index (χ1) is 15.5. The molecule has 1 saturated heterocycles. The Morgan fingerprint density at radius 2 is 1.94 bits per heavy atom. The number of primary amides is 1. The number of hydrogen-bond acceptors (Lipinski definition) is 4. The van der Waals surface area contributed by atoms with Crippen molar-refractivity contribution in [2.45, 2.75) is 37.8 Å². The van der Waals surface area contributed by atoms with Crippen LogP contribution in [-0.2, 0) is 16.9 Å². The van der Waals surface area contributed by atoms with Gasteiger partial charge < -0.3 is 20.8 Å². The van der Waals surface area contributed by atoms with Gasteiger partial charge >= 0.3 is 0 Å². The second kappa shape index (κ2) is 8.81. The highest BCUT2D eigenvalue weighted by molar-refractivity contribution is 6.02. The zero-order chi connectivity index (χ0) is 22.7. The number of anilines is 1. The number of likely N-dealkylation sites (tertiary alicyclic amines) is 1. The fourth-order valence-corrected chi connectivity index (χ4v) is 4.18. The topological polar surface area (TPSA) is 102 Å². The van der Waals surface area contributed by atoms with Gasteiger partial charge in [0, 0.05) is 31.7 Å². The molecule has 3 N–H and O–H groups in total. The van der Waals surface area contributed by atoms with Crippen LogP contribution in [0.4, 0.5) is 11.5 Å². The molecular formula is C23H25N7O2. The van der Waals surface area contributed by atoms with Gasteiger partial charge in [-0.05, 0) is 31.2 Å². The summed E-state index contributed by atoms with van der Waals surface area (Å²) in [6, 6.07) is 7.59. The van der Waals surface area contributed by atoms with Gasteiger partial charge in [0.1, 0.15) is 11.1 Å². The van der Waals surface area contributed by atoms with Crippen LogP contribution in [0.25, 0.3) is 9.69 Å². The predicted molar refractivity (Wildman–Crippen MR) is 119 cm³/mol. The van der Waals surface area contributed by atoms with Crippen molar-refractivity contribution in [2.75, 3.05) is 25.0 Å². The maximum Gasteiger partial charge on any atom is 0.254 e. The van der Waals surface area contributed by atoms with Crippen molar-refractivity contribution < 1.29 is 9.59 Å². The third-order valence-corrected chi connectivity index (χ3v) is 6.32. The van der Waals surface area contributed by atoms with Crippen LogP contribution in [0.1, 0.15) is 41.6 Å². The minimum atomic E-state index is -0.659. The maximum atomic E-state index is 12.2. The van der Waals surface area contributed by atoms with Gasteiger partial charge in [-0.15, -0.1) is 0 Å². The number of nitrogens with one attached hydrogen (secondary N) is 1. The average molecular weight is 432 g/mol. The minimum Gasteiger partial charge on any atom is -0.365 e. The first kappa shape index (κ1) is 21.5. The van der Waals surface area contributed by atoms with Gasteiger partial charge in [-0.3, -0.25) is 14.3 Å². The van der Waals surface area contributed by atoms with Crippen molar-refractivity contribution in [2.24, 2.45) is 11.7 Å². The van der Waals surface area contributed by atoms with E-state index in [-0.39, 0.29) is 29.8 Å². The van der Waals surface area contributed by atoms with Crippen molar-refractivity contribution in [3.63, 3.8) is 0 Å². The Bertz CT molecular complexity index is 1110. The number of rotatable bonds is 7. The van der Waals surface area contributed by atoms with Crippen LogP contribution < -0.4 is 11.1 Å². The molecule has 1 aromatic carbocycles. The summed E-state index contributed by atoms with van der Waals surface area (Å²) in [4.78, 5) is 33.7. The number of nitrogens with zero attached hydrogens (tertiary/aromatic N) is 5. The number of para-hydroxylation sites is 1. The van der Waals surface area contributed by atoms with Gasteiger partial charge in [0.25, 0.3) is 5.91 Å². The molecule has 0 bridgehead atoms. The second-order valence-electron chi connectivity index (χ2n) is 8.52. The predicted octanol–water partition coefficient (Wildman–Crippen LogP) is 2.79. The third-order valence-electron chi connectivity index (χ3n) is 6.32. The third kappa shape index (κ3) is 4.34. The summed E-state index contributed by atoms with van der Waals surface area (Å²) in [6.07, 6.45) is 4.57. The molecule has 2 fully saturated rings. The Balaban J connectivity index is 1.53. The van der Waals surface area contributed by atoms with Gasteiger partial charge in [-0.1, -0.05) is 24.3 Å². The van der Waals surface area contributed by atoms with Crippen molar-refractivity contribution in [3.05, 3.63) is 64.4 Å². The van der Waals surface area contributed by atoms with E-state index in [0.29, 0.717) is 25.1 Å². The number of aromatic nitrogens is 2. The largest absolute Gasteiger partial charge is 0.365 e. The smallest absolute Gasteiger partial charge is 0.254 e. The molecule has 2 aliphatic rings. The van der Waals surface area contributed by atoms with Crippen LogP contribution in [0, 0.1) is 19.1 Å². The van der Waals surface area contributed by atoms with E-state index in [1.165, 1.54) is 0 Å². The van der Waals surface area contributed by atoms with Crippen molar-refractivity contribution in [3.8, 4) is 0 Å². The van der Waals surface area contributed by atoms with Gasteiger partial charge in [0.05, 0.1) is 6.57 Å². The number of nitrogens with two attached hydrogens (primary N) is 1. The highest BCUT2D eigenvalue weighted by Gasteiger charge is 2.41. The fraction of sp³-hybridized carbons (Fsp3) is 0.435. The second-order valence-corrected chi connectivity index (χ2v) is 8.52. The summed E-state index contributed by atoms with van der Waals surface area (Å²) in [5.74, 6) is -0.661. The van der Waals surface area contributed by atoms with Gasteiger partial charge in [0.15, 0.2) is 11.5 Å². The van der Waals surface area contributed by atoms with Gasteiger partial charge in [0.2, 0.25) is 12.5 Å². The molecule has 164 valence electrons. The van der Waals surface area contributed by atoms with E-state index in [2.05, 4.69) is 25.0 Å². The molecular weight excluding hydrogens is 406 g/mol. The molecule has 2 aromatic rings. The molecule has 0 atom stereocenters. The Hall–Kier alpha value is -3.69. The molecule has 2 amide bonds. The number of amides is 2. The molecule has 0 radical (unpaired) electrons. The minimum absolute atomic E-state index is 0.0281. The van der Waals surface area contributed by atoms with E-state index in [1.807, 2.05) is 24.3 Å². The van der Waals surface area contributed by atoms with E-state index in [1.54, 1.807) is 10.9 Å². The number of benzene rings is 1. The van der Waals surface area contributed by atoms with Crippen LogP contribution in [0.5, 0.6) is 0 Å². The van der Waals surface area contributed by atoms with Crippen molar-refractivity contribution >= 4 is 23.3 Å². The fourth-order valence-electron chi connectivity index (χ4n) is 4.18. The molecule has 4 rings (SSSR count). The summed E-state index contributed by atoms with van der Waals surface area (Å²) in [7, 11) is 0. The summed E-state index contributed by atoms with van der Waals surface area (Å²) >= 11 is 0. The molecule has 1 aliphatic heterocycles. The Morgan fingerprint density at radius 3 is 2.56 bits per heavy atom. The lowest BCUT2D eigenvalue weighted by Crippen LogP contribution is -2.48. The summed E-state index contributed by atoms with van der Waals surface area (Å²) < 4.78 is 1.66. The lowest BCUT2D eigenvalue weighted by molar-refractivity contribution is -0.117. The lowest BCUT2D eigenvalue weighted by Gasteiger charge is -2.39. The summed E-state index contributed by atoms with van der Waals surface area (Å²) in [6.45, 7) is 17.2. The van der Waals surface area contributed by atoms with Gasteiger partial charge in [-0.2, -0.15) is 5.10 Å². The van der Waals surface area contributed by atoms with Crippen molar-refractivity contribution in [1.29, 1.82) is 0 Å². The van der Waals surface area contributed by atoms with E-state index < -0.39 is 11.4 Å². The van der Waals surface area contributed by atoms with Crippen LogP contribution >= 0.6 is 0 Å². The number of piperidine rings is 1. The first-order valence-electron chi connectivity index (χ1n) is 10.7. The quantitative estimate of drug-likeness (QED) is 0.658. The highest BCUT2D eigenvalue weighted by Crippen LogP contribution is 2.34. The normalized spacial score (nSPS) is 17.8. The molecule has 1 saturated carbocycles. The van der Waals surface area contributed by atoms with E-state index in [9.17, 15) is 9.59 Å². The zero-order valence-corrected chi connectivity index (χ0v) is 17.8. The SMILES string of the molecule is [C-]#[N+]CC1(n2cc(C(N)=O)c(NC(=O)C3CC3)n2)CCN(Cc2ccccc2[N+]#[C-])CC1. The van der Waals surface area contributed by atoms with Crippen LogP contribution in [0.2, 0.25) is 0 Å². The van der Waals surface area contributed by atoms with Crippen molar-refractivity contribution in [1.82, 2.24) is 14.7 Å². The van der Waals surface area contributed by atoms with Crippen LogP contribution in [0.3, 0.4) is 0 Å². The molecule has 1 aliphatic carbocycles. The number of carbonyl (C=O) groups is 2. The molecule has 0 spiro atoms. The Labute approximate surface area is 186 Å². The number of hydrogen-bond donors (Lipinski definition) is 2. The molecule has 9 heteroatoms. The molecule has 0 unspecified atom stereocenters. The maximum absolute atomic E-state index is 12.2. The van der Waals surface area contributed by atoms with Crippen LogP contribution in [-0.4, -0.2) is 46.1 Å². The summed E-state index contributed by atoms with van der Waals surface area (Å²) in [5.41, 5.74) is 6.76. The Kier molecular flexibility index (Phi) is 5.93. The zero-order valence-electron chi connectivity index (χ0n) is 17.8. The van der Waals surface area contributed by atoms with Gasteiger partial charge in [-0.25, -0.2) is 11.4 Å². The molecule has 2 heterocycles. The summed E-state index contributed by atoms with van der Waals surface area (Å²) in [5, 5.41) is 7.25. The highest BCUT2D eigenvalue weighted by atomic mass is 16.2. The van der Waals surface area contributed by atoms with E-state index >= 15 is 0 Å². The van der Waals surface area contributed by atoms with E-state index in [0.717, 1.165) is 31.5 Å². The molecule has 1 aromatic heterocycles. The standard InChI is InChI=1S/C23H25N7O2/c1-25-15-23(9-11-29(12-10-23)13-17-5-3-4-6-19(17)26-2)30-14-18(20(24)31)21(28-30)27-22(32)16-7-8-16/h3-6,14,16H,7-13,15H2,(H2,24,31)(H,27,28,32). The molecule has 32 heavy (non-hydrogen) atoms. The Morgan fingerprint density at radius 1 is 1.22 bits per heavy atom. The van der Waals surface area contributed by atoms with E-state index in [4.69, 9.17) is 18.9 Å². The molecule has 9 nitrogen and oxygen atoms in total. The monoisotopic (exact) mass is 431 g/mol. The first-order valence-corrected chi connectivity index (χ1v) is 10.7. The lowest BCUT2D eigenvalue weighted by atomic mass is 9.87.